The van der Waals surface area contributed by atoms with Gasteiger partial charge in [-0.2, -0.15) is 0 Å². The molecule has 0 bridgehead atoms. The molecule has 2 aromatic rings. The maximum atomic E-state index is 11.2. The molecule has 0 saturated heterocycles. The van der Waals surface area contributed by atoms with Crippen LogP contribution in [0.1, 0.15) is 54.6 Å². The zero-order valence-electron chi connectivity index (χ0n) is 12.9. The molecule has 110 valence electrons. The number of benzene rings is 2. The summed E-state index contributed by atoms with van der Waals surface area (Å²) in [5, 5.41) is 0. The van der Waals surface area contributed by atoms with E-state index in [2.05, 4.69) is 26.0 Å². The lowest BCUT2D eigenvalue weighted by molar-refractivity contribution is 0.101. The van der Waals surface area contributed by atoms with Gasteiger partial charge < -0.3 is 4.74 Å². The molecule has 2 heteroatoms. The van der Waals surface area contributed by atoms with E-state index in [0.717, 1.165) is 23.3 Å². The Morgan fingerprint density at radius 2 is 1.67 bits per heavy atom. The van der Waals surface area contributed by atoms with E-state index in [-0.39, 0.29) is 5.78 Å². The molecule has 2 rings (SSSR count). The molecule has 0 aromatic heterocycles. The van der Waals surface area contributed by atoms with Gasteiger partial charge in [0.05, 0.1) is 0 Å². The molecular formula is C19H22O2. The van der Waals surface area contributed by atoms with E-state index in [1.807, 2.05) is 36.4 Å². The van der Waals surface area contributed by atoms with E-state index < -0.39 is 0 Å². The number of ether oxygens (including phenoxy) is 1. The Bertz CT molecular complexity index is 582. The molecule has 0 heterocycles. The van der Waals surface area contributed by atoms with Crippen LogP contribution in [-0.2, 0) is 6.61 Å². The van der Waals surface area contributed by atoms with Gasteiger partial charge in [0.25, 0.3) is 0 Å². The second-order valence-corrected chi connectivity index (χ2v) is 5.42. The Balaban J connectivity index is 1.95. The second kappa shape index (κ2) is 7.07. The van der Waals surface area contributed by atoms with Gasteiger partial charge in [0, 0.05) is 5.56 Å². The van der Waals surface area contributed by atoms with Crippen molar-refractivity contribution in [3.8, 4) is 5.75 Å². The third-order valence-electron chi connectivity index (χ3n) is 3.83. The third-order valence-corrected chi connectivity index (χ3v) is 3.83. The van der Waals surface area contributed by atoms with Crippen molar-refractivity contribution in [3.63, 3.8) is 0 Å². The molecule has 0 aliphatic rings. The van der Waals surface area contributed by atoms with Crippen LogP contribution in [0.2, 0.25) is 0 Å². The molecule has 0 saturated carbocycles. The Kier molecular flexibility index (Phi) is 5.15. The summed E-state index contributed by atoms with van der Waals surface area (Å²) in [7, 11) is 0. The fraction of sp³-hybridized carbons (Fsp3) is 0.316. The van der Waals surface area contributed by atoms with Crippen LogP contribution >= 0.6 is 0 Å². The van der Waals surface area contributed by atoms with Crippen LogP contribution in [-0.4, -0.2) is 5.78 Å². The van der Waals surface area contributed by atoms with Crippen LogP contribution in [0.5, 0.6) is 5.75 Å². The molecule has 1 unspecified atom stereocenters. The van der Waals surface area contributed by atoms with Crippen LogP contribution in [0, 0.1) is 0 Å². The van der Waals surface area contributed by atoms with E-state index in [4.69, 9.17) is 4.74 Å². The SMILES string of the molecule is CCC(C)c1ccc(OCc2ccc(C(C)=O)cc2)cc1. The first-order chi connectivity index (χ1) is 10.1. The summed E-state index contributed by atoms with van der Waals surface area (Å²) in [6.07, 6.45) is 1.14. The quantitative estimate of drug-likeness (QED) is 0.698. The summed E-state index contributed by atoms with van der Waals surface area (Å²) in [5.41, 5.74) is 3.14. The summed E-state index contributed by atoms with van der Waals surface area (Å²) >= 11 is 0. The van der Waals surface area contributed by atoms with Crippen molar-refractivity contribution < 1.29 is 9.53 Å². The highest BCUT2D eigenvalue weighted by Crippen LogP contribution is 2.22. The molecule has 1 atom stereocenters. The number of carbonyl (C=O) groups is 1. The lowest BCUT2D eigenvalue weighted by Crippen LogP contribution is -1.98. The van der Waals surface area contributed by atoms with Gasteiger partial charge in [-0.3, -0.25) is 4.79 Å². The largest absolute Gasteiger partial charge is 0.489 e. The van der Waals surface area contributed by atoms with Crippen LogP contribution in [0.3, 0.4) is 0 Å². The minimum atomic E-state index is 0.0862. The molecular weight excluding hydrogens is 260 g/mol. The van der Waals surface area contributed by atoms with E-state index in [1.165, 1.54) is 5.56 Å². The Morgan fingerprint density at radius 1 is 1.05 bits per heavy atom. The molecule has 0 fully saturated rings. The van der Waals surface area contributed by atoms with Gasteiger partial charge in [0.15, 0.2) is 5.78 Å². The first kappa shape index (κ1) is 15.3. The number of hydrogen-bond acceptors (Lipinski definition) is 2. The highest BCUT2D eigenvalue weighted by Gasteiger charge is 2.03. The third kappa shape index (κ3) is 4.19. The summed E-state index contributed by atoms with van der Waals surface area (Å²) in [4.78, 5) is 11.2. The predicted molar refractivity (Wildman–Crippen MR) is 85.9 cm³/mol. The van der Waals surface area contributed by atoms with Gasteiger partial charge in [0.2, 0.25) is 0 Å². The maximum absolute atomic E-state index is 11.2. The van der Waals surface area contributed by atoms with Gasteiger partial charge in [-0.15, -0.1) is 0 Å². The highest BCUT2D eigenvalue weighted by molar-refractivity contribution is 5.93. The predicted octanol–water partition coefficient (Wildman–Crippen LogP) is 4.98. The second-order valence-electron chi connectivity index (χ2n) is 5.42. The molecule has 0 aliphatic heterocycles. The van der Waals surface area contributed by atoms with Crippen molar-refractivity contribution in [1.29, 1.82) is 0 Å². The molecule has 2 nitrogen and oxygen atoms in total. The summed E-state index contributed by atoms with van der Waals surface area (Å²) in [6, 6.07) is 15.8. The number of Topliss-reactive ketones (excluding diaryl/α,β-unsaturated/α-hetero) is 1. The van der Waals surface area contributed by atoms with Gasteiger partial charge >= 0.3 is 0 Å². The topological polar surface area (TPSA) is 26.3 Å². The zero-order valence-corrected chi connectivity index (χ0v) is 12.9. The monoisotopic (exact) mass is 282 g/mol. The van der Waals surface area contributed by atoms with Crippen molar-refractivity contribution >= 4 is 5.78 Å². The van der Waals surface area contributed by atoms with Crippen molar-refractivity contribution in [2.24, 2.45) is 0 Å². The average Bonchev–Trinajstić information content (AvgIpc) is 2.53. The molecule has 0 N–H and O–H groups in total. The van der Waals surface area contributed by atoms with Crippen molar-refractivity contribution in [3.05, 3.63) is 65.2 Å². The van der Waals surface area contributed by atoms with E-state index in [1.54, 1.807) is 6.92 Å². The van der Waals surface area contributed by atoms with E-state index in [0.29, 0.717) is 12.5 Å². The van der Waals surface area contributed by atoms with E-state index in [9.17, 15) is 4.79 Å². The Morgan fingerprint density at radius 3 is 2.19 bits per heavy atom. The number of rotatable bonds is 6. The van der Waals surface area contributed by atoms with Crippen LogP contribution in [0.15, 0.2) is 48.5 Å². The summed E-state index contributed by atoms with van der Waals surface area (Å²) in [5.74, 6) is 1.54. The Labute approximate surface area is 126 Å². The smallest absolute Gasteiger partial charge is 0.159 e. The van der Waals surface area contributed by atoms with Gasteiger partial charge in [-0.25, -0.2) is 0 Å². The summed E-state index contributed by atoms with van der Waals surface area (Å²) < 4.78 is 5.78. The number of ketones is 1. The fourth-order valence-corrected chi connectivity index (χ4v) is 2.13. The number of hydrogen-bond donors (Lipinski definition) is 0. The average molecular weight is 282 g/mol. The van der Waals surface area contributed by atoms with Crippen molar-refractivity contribution in [2.75, 3.05) is 0 Å². The summed E-state index contributed by atoms with van der Waals surface area (Å²) in [6.45, 7) is 6.51. The zero-order chi connectivity index (χ0) is 15.2. The normalized spacial score (nSPS) is 12.0. The van der Waals surface area contributed by atoms with Crippen LogP contribution < -0.4 is 4.74 Å². The minimum absolute atomic E-state index is 0.0862. The standard InChI is InChI=1S/C19H22O2/c1-4-14(2)17-9-11-19(12-10-17)21-13-16-5-7-18(8-6-16)15(3)20/h5-12,14H,4,13H2,1-3H3. The fourth-order valence-electron chi connectivity index (χ4n) is 2.13. The van der Waals surface area contributed by atoms with Crippen molar-refractivity contribution in [2.45, 2.75) is 39.7 Å². The lowest BCUT2D eigenvalue weighted by atomic mass is 9.99. The van der Waals surface area contributed by atoms with Gasteiger partial charge in [-0.1, -0.05) is 50.2 Å². The first-order valence-electron chi connectivity index (χ1n) is 7.42. The molecule has 0 spiro atoms. The molecule has 0 radical (unpaired) electrons. The van der Waals surface area contributed by atoms with Gasteiger partial charge in [-0.05, 0) is 42.5 Å². The van der Waals surface area contributed by atoms with Crippen molar-refractivity contribution in [1.82, 2.24) is 0 Å². The van der Waals surface area contributed by atoms with Gasteiger partial charge in [0.1, 0.15) is 12.4 Å². The highest BCUT2D eigenvalue weighted by atomic mass is 16.5. The van der Waals surface area contributed by atoms with E-state index >= 15 is 0 Å². The Hall–Kier alpha value is -2.09. The molecule has 21 heavy (non-hydrogen) atoms. The van der Waals surface area contributed by atoms with Crippen LogP contribution in [0.25, 0.3) is 0 Å². The lowest BCUT2D eigenvalue weighted by Gasteiger charge is -2.11. The molecule has 0 amide bonds. The van der Waals surface area contributed by atoms with Crippen LogP contribution in [0.4, 0.5) is 0 Å². The first-order valence-corrected chi connectivity index (χ1v) is 7.42. The maximum Gasteiger partial charge on any atom is 0.159 e. The molecule has 0 aliphatic carbocycles. The number of carbonyl (C=O) groups excluding carboxylic acids is 1. The minimum Gasteiger partial charge on any atom is -0.489 e. The molecule has 2 aromatic carbocycles.